The lowest BCUT2D eigenvalue weighted by Crippen LogP contribution is -2.42. The molecule has 0 saturated carbocycles. The van der Waals surface area contributed by atoms with Gasteiger partial charge in [-0.1, -0.05) is 27.5 Å². The summed E-state index contributed by atoms with van der Waals surface area (Å²) in [5, 5.41) is 0.629. The highest BCUT2D eigenvalue weighted by Gasteiger charge is 2.26. The average molecular weight is 290 g/mol. The molecule has 0 radical (unpaired) electrons. The highest BCUT2D eigenvalue weighted by molar-refractivity contribution is 9.10. The van der Waals surface area contributed by atoms with E-state index in [9.17, 15) is 4.79 Å². The van der Waals surface area contributed by atoms with Crippen molar-refractivity contribution in [2.75, 3.05) is 19.0 Å². The van der Waals surface area contributed by atoms with Crippen LogP contribution in [0, 0.1) is 0 Å². The van der Waals surface area contributed by atoms with E-state index in [0.29, 0.717) is 11.6 Å². The first-order chi connectivity index (χ1) is 7.00. The Kier molecular flexibility index (Phi) is 2.64. The predicted molar refractivity (Wildman–Crippen MR) is 64.4 cm³/mol. The Morgan fingerprint density at radius 1 is 1.40 bits per heavy atom. The Hall–Kier alpha value is -0.740. The number of urea groups is 1. The maximum Gasteiger partial charge on any atom is 0.324 e. The highest BCUT2D eigenvalue weighted by Crippen LogP contribution is 2.35. The molecule has 3 nitrogen and oxygen atoms in total. The SMILES string of the molecule is CN1Cc2c(Br)cc(Cl)cc2N(C)C1=O. The first-order valence-corrected chi connectivity index (χ1v) is 5.64. The van der Waals surface area contributed by atoms with E-state index in [2.05, 4.69) is 15.9 Å². The van der Waals surface area contributed by atoms with Crippen LogP contribution in [0.5, 0.6) is 0 Å². The number of rotatable bonds is 0. The van der Waals surface area contributed by atoms with Crippen LogP contribution in [-0.4, -0.2) is 25.0 Å². The van der Waals surface area contributed by atoms with E-state index in [-0.39, 0.29) is 6.03 Å². The second-order valence-electron chi connectivity index (χ2n) is 3.58. The number of hydrogen-bond donors (Lipinski definition) is 0. The van der Waals surface area contributed by atoms with Gasteiger partial charge in [-0.15, -0.1) is 0 Å². The Morgan fingerprint density at radius 3 is 2.73 bits per heavy atom. The number of nitrogens with zero attached hydrogens (tertiary/aromatic N) is 2. The third-order valence-corrected chi connectivity index (χ3v) is 3.43. The van der Waals surface area contributed by atoms with Crippen molar-refractivity contribution in [2.45, 2.75) is 6.54 Å². The molecule has 1 heterocycles. The van der Waals surface area contributed by atoms with E-state index in [0.717, 1.165) is 15.7 Å². The Labute approximate surface area is 102 Å². The van der Waals surface area contributed by atoms with Crippen LogP contribution in [0.2, 0.25) is 5.02 Å². The molecule has 0 unspecified atom stereocenters. The van der Waals surface area contributed by atoms with Gasteiger partial charge in [0.25, 0.3) is 0 Å². The van der Waals surface area contributed by atoms with Gasteiger partial charge in [-0.2, -0.15) is 0 Å². The molecule has 0 saturated heterocycles. The first-order valence-electron chi connectivity index (χ1n) is 4.47. The van der Waals surface area contributed by atoms with Gasteiger partial charge in [-0.25, -0.2) is 4.79 Å². The van der Waals surface area contributed by atoms with Gasteiger partial charge in [0.05, 0.1) is 12.2 Å². The number of benzene rings is 1. The molecule has 0 bridgehead atoms. The summed E-state index contributed by atoms with van der Waals surface area (Å²) in [6.07, 6.45) is 0. The minimum Gasteiger partial charge on any atom is -0.323 e. The minimum absolute atomic E-state index is 0.0170. The van der Waals surface area contributed by atoms with Crippen LogP contribution in [0.15, 0.2) is 16.6 Å². The zero-order valence-electron chi connectivity index (χ0n) is 8.42. The average Bonchev–Trinajstić information content (AvgIpc) is 2.17. The summed E-state index contributed by atoms with van der Waals surface area (Å²) in [7, 11) is 3.53. The zero-order valence-corrected chi connectivity index (χ0v) is 10.8. The van der Waals surface area contributed by atoms with Gasteiger partial charge in [0, 0.05) is 29.2 Å². The molecule has 1 aliphatic heterocycles. The molecule has 0 spiro atoms. The summed E-state index contributed by atoms with van der Waals surface area (Å²) < 4.78 is 0.941. The second kappa shape index (κ2) is 3.68. The number of carbonyl (C=O) groups is 1. The van der Waals surface area contributed by atoms with Gasteiger partial charge in [0.1, 0.15) is 0 Å². The van der Waals surface area contributed by atoms with Crippen LogP contribution in [0.1, 0.15) is 5.56 Å². The predicted octanol–water partition coefficient (Wildman–Crippen LogP) is 3.10. The molecule has 80 valence electrons. The van der Waals surface area contributed by atoms with Crippen molar-refractivity contribution in [1.82, 2.24) is 4.90 Å². The summed E-state index contributed by atoms with van der Waals surface area (Å²) in [6.45, 7) is 0.607. The molecule has 1 aromatic carbocycles. The zero-order chi connectivity index (χ0) is 11.2. The maximum atomic E-state index is 11.7. The van der Waals surface area contributed by atoms with Crippen LogP contribution >= 0.6 is 27.5 Å². The van der Waals surface area contributed by atoms with Gasteiger partial charge in [0.2, 0.25) is 0 Å². The minimum atomic E-state index is -0.0170. The normalized spacial score (nSPS) is 15.6. The molecule has 2 rings (SSSR count). The molecule has 0 N–H and O–H groups in total. The van der Waals surface area contributed by atoms with Crippen LogP contribution in [-0.2, 0) is 6.54 Å². The van der Waals surface area contributed by atoms with Crippen molar-refractivity contribution in [3.63, 3.8) is 0 Å². The maximum absolute atomic E-state index is 11.7. The molecular weight excluding hydrogens is 279 g/mol. The van der Waals surface area contributed by atoms with E-state index in [1.807, 2.05) is 12.1 Å². The summed E-state index contributed by atoms with van der Waals surface area (Å²) in [6, 6.07) is 3.64. The Bertz CT molecular complexity index is 436. The smallest absolute Gasteiger partial charge is 0.323 e. The van der Waals surface area contributed by atoms with E-state index in [1.165, 1.54) is 0 Å². The molecule has 1 aromatic rings. The molecule has 0 aliphatic carbocycles. The van der Waals surface area contributed by atoms with E-state index in [4.69, 9.17) is 11.6 Å². The summed E-state index contributed by atoms with van der Waals surface area (Å²) >= 11 is 9.41. The van der Waals surface area contributed by atoms with E-state index < -0.39 is 0 Å². The fourth-order valence-corrected chi connectivity index (χ4v) is 2.63. The molecule has 0 fully saturated rings. The lowest BCUT2D eigenvalue weighted by molar-refractivity contribution is 0.212. The summed E-state index contributed by atoms with van der Waals surface area (Å²) in [4.78, 5) is 15.0. The van der Waals surface area contributed by atoms with Gasteiger partial charge < -0.3 is 4.90 Å². The third-order valence-electron chi connectivity index (χ3n) is 2.51. The van der Waals surface area contributed by atoms with Crippen molar-refractivity contribution >= 4 is 39.2 Å². The van der Waals surface area contributed by atoms with Gasteiger partial charge in [0.15, 0.2) is 0 Å². The molecule has 0 aromatic heterocycles. The lowest BCUT2D eigenvalue weighted by Gasteiger charge is -2.33. The van der Waals surface area contributed by atoms with Crippen molar-refractivity contribution in [3.8, 4) is 0 Å². The number of anilines is 1. The van der Waals surface area contributed by atoms with Gasteiger partial charge in [-0.05, 0) is 12.1 Å². The highest BCUT2D eigenvalue weighted by atomic mass is 79.9. The lowest BCUT2D eigenvalue weighted by atomic mass is 10.1. The second-order valence-corrected chi connectivity index (χ2v) is 4.87. The number of halogens is 2. The summed E-state index contributed by atoms with van der Waals surface area (Å²) in [5.41, 5.74) is 1.96. The molecular formula is C10H10BrClN2O. The van der Waals surface area contributed by atoms with Crippen LogP contribution in [0.25, 0.3) is 0 Å². The third kappa shape index (κ3) is 1.72. The van der Waals surface area contributed by atoms with E-state index >= 15 is 0 Å². The Balaban J connectivity index is 2.60. The number of fused-ring (bicyclic) bond motifs is 1. The number of carbonyl (C=O) groups excluding carboxylic acids is 1. The fraction of sp³-hybridized carbons (Fsp3) is 0.300. The molecule has 1 aliphatic rings. The van der Waals surface area contributed by atoms with E-state index in [1.54, 1.807) is 23.9 Å². The molecule has 0 atom stereocenters. The summed E-state index contributed by atoms with van der Waals surface area (Å²) in [5.74, 6) is 0. The Morgan fingerprint density at radius 2 is 2.07 bits per heavy atom. The van der Waals surface area contributed by atoms with Crippen molar-refractivity contribution in [2.24, 2.45) is 0 Å². The largest absolute Gasteiger partial charge is 0.324 e. The molecule has 15 heavy (non-hydrogen) atoms. The fourth-order valence-electron chi connectivity index (χ4n) is 1.71. The monoisotopic (exact) mass is 288 g/mol. The number of amides is 2. The number of hydrogen-bond acceptors (Lipinski definition) is 1. The quantitative estimate of drug-likeness (QED) is 0.720. The van der Waals surface area contributed by atoms with Crippen molar-refractivity contribution in [1.29, 1.82) is 0 Å². The van der Waals surface area contributed by atoms with Crippen molar-refractivity contribution < 1.29 is 4.79 Å². The van der Waals surface area contributed by atoms with Crippen LogP contribution in [0.4, 0.5) is 10.5 Å². The van der Waals surface area contributed by atoms with Crippen molar-refractivity contribution in [3.05, 3.63) is 27.2 Å². The topological polar surface area (TPSA) is 23.6 Å². The van der Waals surface area contributed by atoms with Crippen LogP contribution in [0.3, 0.4) is 0 Å². The van der Waals surface area contributed by atoms with Gasteiger partial charge >= 0.3 is 6.03 Å². The molecule has 2 amide bonds. The standard InChI is InChI=1S/C10H10BrClN2O/c1-13-5-7-8(11)3-6(12)4-9(7)14(2)10(13)15/h3-4H,5H2,1-2H3. The van der Waals surface area contributed by atoms with Crippen LogP contribution < -0.4 is 4.90 Å². The van der Waals surface area contributed by atoms with Gasteiger partial charge in [-0.3, -0.25) is 4.90 Å². The first kappa shape index (κ1) is 10.8. The molecule has 5 heteroatoms.